The van der Waals surface area contributed by atoms with Crippen molar-refractivity contribution in [3.8, 4) is 62.1 Å². The molecule has 4 aromatic heterocycles. The lowest BCUT2D eigenvalue weighted by molar-refractivity contribution is 0.954. The quantitative estimate of drug-likeness (QED) is 0.167. The van der Waals surface area contributed by atoms with Gasteiger partial charge in [0.25, 0.3) is 0 Å². The van der Waals surface area contributed by atoms with Crippen LogP contribution in [0.15, 0.2) is 206 Å². The Morgan fingerprint density at radius 1 is 0.365 bits per heavy atom. The highest BCUT2D eigenvalue weighted by atomic mass is 32.1. The number of aromatic nitrogens is 4. The van der Waals surface area contributed by atoms with E-state index in [1.165, 1.54) is 11.3 Å². The summed E-state index contributed by atoms with van der Waals surface area (Å²) in [5.74, 6) is 0.398. The summed E-state index contributed by atoms with van der Waals surface area (Å²) in [5.41, 5.74) is 5.51. The monoisotopic (exact) mass is 847 g/mol. The molecule has 0 N–H and O–H groups in total. The van der Waals surface area contributed by atoms with Gasteiger partial charge in [0.15, 0.2) is 11.6 Å². The first-order chi connectivity index (χ1) is 34.9. The van der Waals surface area contributed by atoms with E-state index < -0.39 is 18.1 Å². The molecule has 0 aliphatic carbocycles. The SMILES string of the molecule is [2H]c1c([2H])c([2H])c(-c2cccc3sc4cc(-c5nc(-c6c([2H])c([2H])c(-c7ccccc7)c([2H])c6[2H])nc(-n6c7cc(-c8ccccc8)ccc7c7cc8c(cc76)sc6ccccc68)n5)ccc4c23)c([2H])c1[2H]. The number of nitrogens with zero attached hydrogens (tertiary/aromatic N) is 4. The third-order valence-corrected chi connectivity index (χ3v) is 13.9. The van der Waals surface area contributed by atoms with Crippen molar-refractivity contribution in [1.82, 2.24) is 19.5 Å². The Hall–Kier alpha value is -7.77. The van der Waals surface area contributed by atoms with Gasteiger partial charge in [0.1, 0.15) is 0 Å². The van der Waals surface area contributed by atoms with Crippen LogP contribution in [0.1, 0.15) is 12.3 Å². The molecule has 0 atom stereocenters. The van der Waals surface area contributed by atoms with Crippen LogP contribution in [0, 0.1) is 0 Å². The summed E-state index contributed by atoms with van der Waals surface area (Å²) in [6, 6.07) is 46.6. The van der Waals surface area contributed by atoms with Gasteiger partial charge in [0, 0.05) is 62.2 Å². The van der Waals surface area contributed by atoms with Crippen LogP contribution in [0.2, 0.25) is 0 Å². The summed E-state index contributed by atoms with van der Waals surface area (Å²) >= 11 is 3.18. The number of benzene rings is 9. The van der Waals surface area contributed by atoms with Crippen molar-refractivity contribution in [3.05, 3.63) is 206 Å². The minimum absolute atomic E-state index is 0.0383. The van der Waals surface area contributed by atoms with Crippen molar-refractivity contribution < 1.29 is 12.3 Å². The summed E-state index contributed by atoms with van der Waals surface area (Å²) in [6.07, 6.45) is 0. The molecule has 0 amide bonds. The van der Waals surface area contributed by atoms with E-state index in [-0.39, 0.29) is 70.5 Å². The number of hydrogen-bond acceptors (Lipinski definition) is 5. The van der Waals surface area contributed by atoms with Gasteiger partial charge in [-0.3, -0.25) is 4.57 Å². The van der Waals surface area contributed by atoms with Gasteiger partial charge in [-0.05, 0) is 69.8 Å². The van der Waals surface area contributed by atoms with E-state index in [9.17, 15) is 5.48 Å². The van der Waals surface area contributed by atoms with Gasteiger partial charge in [-0.25, -0.2) is 4.98 Å². The standard InChI is InChI=1S/C57H34N4S2/c1-4-13-35(14-5-1)37-23-25-39(26-24-37)55-58-56(41-28-30-45-52(32-41)63-51-22-12-20-42(54(45)51)38-17-8-3-9-18-38)60-57(59-55)61-48-31-40(36-15-6-2-7-16-36)27-29-43(48)46-33-47-44-19-10-11-21-50(44)62-53(47)34-49(46)61/h1-34H/i3D,8D,9D,17D,18D,23D,24D,25D,26D. The summed E-state index contributed by atoms with van der Waals surface area (Å²) in [6.45, 7) is 0. The van der Waals surface area contributed by atoms with Gasteiger partial charge in [-0.15, -0.1) is 22.7 Å². The fourth-order valence-corrected chi connectivity index (χ4v) is 11.0. The van der Waals surface area contributed by atoms with E-state index in [0.29, 0.717) is 16.7 Å². The summed E-state index contributed by atoms with van der Waals surface area (Å²) in [7, 11) is 0. The van der Waals surface area contributed by atoms with E-state index in [2.05, 4.69) is 60.7 Å². The molecule has 0 fully saturated rings. The number of fused-ring (bicyclic) bond motifs is 9. The van der Waals surface area contributed by atoms with Gasteiger partial charge in [-0.2, -0.15) is 9.97 Å². The maximum Gasteiger partial charge on any atom is 0.238 e. The molecule has 0 spiro atoms. The molecule has 0 aliphatic rings. The van der Waals surface area contributed by atoms with Gasteiger partial charge in [0.05, 0.1) is 23.4 Å². The van der Waals surface area contributed by atoms with Crippen molar-refractivity contribution in [1.29, 1.82) is 0 Å². The predicted octanol–water partition coefficient (Wildman–Crippen LogP) is 16.0. The Labute approximate surface area is 383 Å². The zero-order valence-electron chi connectivity index (χ0n) is 42.0. The molecule has 0 radical (unpaired) electrons. The predicted molar refractivity (Wildman–Crippen MR) is 267 cm³/mol. The molecule has 6 heteroatoms. The first kappa shape index (κ1) is 28.0. The van der Waals surface area contributed by atoms with Gasteiger partial charge >= 0.3 is 0 Å². The third kappa shape index (κ3) is 5.98. The molecule has 13 rings (SSSR count). The molecule has 4 heterocycles. The van der Waals surface area contributed by atoms with E-state index in [1.807, 2.05) is 65.2 Å². The number of rotatable bonds is 6. The van der Waals surface area contributed by atoms with Crippen LogP contribution in [0.25, 0.3) is 124 Å². The second-order valence-corrected chi connectivity index (χ2v) is 17.5. The highest BCUT2D eigenvalue weighted by molar-refractivity contribution is 7.26. The molecule has 294 valence electrons. The smallest absolute Gasteiger partial charge is 0.238 e. The van der Waals surface area contributed by atoms with Crippen LogP contribution in [0.3, 0.4) is 0 Å². The summed E-state index contributed by atoms with van der Waals surface area (Å²) < 4.78 is 86.1. The molecule has 0 aliphatic heterocycles. The Morgan fingerprint density at radius 2 is 1.00 bits per heavy atom. The molecule has 0 saturated carbocycles. The largest absolute Gasteiger partial charge is 0.278 e. The van der Waals surface area contributed by atoms with Crippen LogP contribution in [0.4, 0.5) is 0 Å². The molecule has 0 bridgehead atoms. The topological polar surface area (TPSA) is 43.6 Å². The van der Waals surface area contributed by atoms with Crippen molar-refractivity contribution in [2.75, 3.05) is 0 Å². The van der Waals surface area contributed by atoms with Crippen LogP contribution >= 0.6 is 22.7 Å². The molecule has 0 unspecified atom stereocenters. The Bertz CT molecular complexity index is 4400. The van der Waals surface area contributed by atoms with Crippen molar-refractivity contribution in [3.63, 3.8) is 0 Å². The molecule has 13 aromatic rings. The van der Waals surface area contributed by atoms with Crippen molar-refractivity contribution in [2.24, 2.45) is 0 Å². The first-order valence-corrected chi connectivity index (χ1v) is 22.0. The zero-order chi connectivity index (χ0) is 49.3. The number of hydrogen-bond donors (Lipinski definition) is 0. The average Bonchev–Trinajstić information content (AvgIpc) is 4.08. The van der Waals surface area contributed by atoms with Crippen molar-refractivity contribution >= 4 is 84.8 Å². The maximum absolute atomic E-state index is 9.48. The second-order valence-electron chi connectivity index (χ2n) is 15.3. The fraction of sp³-hybridized carbons (Fsp3) is 0. The van der Waals surface area contributed by atoms with Crippen LogP contribution in [-0.4, -0.2) is 19.5 Å². The molecular weight excluding hydrogens is 805 g/mol. The molecule has 4 nitrogen and oxygen atoms in total. The fourth-order valence-electron chi connectivity index (χ4n) is 8.70. The highest BCUT2D eigenvalue weighted by Crippen LogP contribution is 2.43. The molecule has 63 heavy (non-hydrogen) atoms. The maximum atomic E-state index is 9.48. The second kappa shape index (κ2) is 14.4. The highest BCUT2D eigenvalue weighted by Gasteiger charge is 2.21. The Balaban J connectivity index is 1.09. The normalized spacial score (nSPS) is 13.8. The van der Waals surface area contributed by atoms with Crippen LogP contribution < -0.4 is 0 Å². The molecule has 0 saturated heterocycles. The van der Waals surface area contributed by atoms with Gasteiger partial charge < -0.3 is 0 Å². The van der Waals surface area contributed by atoms with E-state index in [4.69, 9.17) is 21.8 Å². The minimum atomic E-state index is -0.456. The first-order valence-electron chi connectivity index (χ1n) is 24.9. The number of thiophene rings is 2. The van der Waals surface area contributed by atoms with Crippen LogP contribution in [-0.2, 0) is 0 Å². The van der Waals surface area contributed by atoms with Gasteiger partial charge in [-0.1, -0.05) is 170 Å². The lowest BCUT2D eigenvalue weighted by Gasteiger charge is -2.12. The minimum Gasteiger partial charge on any atom is -0.278 e. The summed E-state index contributed by atoms with van der Waals surface area (Å²) in [5, 5.41) is 5.76. The Morgan fingerprint density at radius 3 is 1.81 bits per heavy atom. The lowest BCUT2D eigenvalue weighted by Crippen LogP contribution is -2.06. The van der Waals surface area contributed by atoms with E-state index in [1.54, 1.807) is 41.7 Å². The van der Waals surface area contributed by atoms with Crippen LogP contribution in [0.5, 0.6) is 0 Å². The lowest BCUT2D eigenvalue weighted by atomic mass is 9.99. The molecular formula is C57H34N4S2. The zero-order valence-corrected chi connectivity index (χ0v) is 34.7. The van der Waals surface area contributed by atoms with E-state index in [0.717, 1.165) is 73.3 Å². The van der Waals surface area contributed by atoms with Gasteiger partial charge in [0.2, 0.25) is 5.95 Å². The third-order valence-electron chi connectivity index (χ3n) is 11.6. The Kier molecular flexibility index (Phi) is 6.40. The molecule has 9 aromatic carbocycles. The summed E-state index contributed by atoms with van der Waals surface area (Å²) in [4.78, 5) is 15.4. The van der Waals surface area contributed by atoms with Crippen molar-refractivity contribution in [2.45, 2.75) is 0 Å². The average molecular weight is 848 g/mol. The van der Waals surface area contributed by atoms with E-state index >= 15 is 0 Å².